The molecule has 0 amide bonds. The highest BCUT2D eigenvalue weighted by Crippen LogP contribution is 2.25. The highest BCUT2D eigenvalue weighted by molar-refractivity contribution is 7.88. The summed E-state index contributed by atoms with van der Waals surface area (Å²) < 4.78 is 27.7. The van der Waals surface area contributed by atoms with Crippen molar-refractivity contribution in [2.45, 2.75) is 39.5 Å². The van der Waals surface area contributed by atoms with Crippen molar-refractivity contribution in [3.8, 4) is 0 Å². The van der Waals surface area contributed by atoms with Crippen molar-refractivity contribution < 1.29 is 8.42 Å². The van der Waals surface area contributed by atoms with Crippen molar-refractivity contribution in [1.82, 2.24) is 4.72 Å². The molecule has 2 rings (SSSR count). The molecule has 130 valence electrons. The van der Waals surface area contributed by atoms with Crippen LogP contribution in [0.1, 0.15) is 40.8 Å². The lowest BCUT2D eigenvalue weighted by Crippen LogP contribution is -2.28. The van der Waals surface area contributed by atoms with E-state index in [1.54, 1.807) is 18.2 Å². The molecule has 6 heteroatoms. The van der Waals surface area contributed by atoms with Gasteiger partial charge < -0.3 is 0 Å². The van der Waals surface area contributed by atoms with Crippen molar-refractivity contribution in [3.05, 3.63) is 68.2 Å². The van der Waals surface area contributed by atoms with Crippen LogP contribution in [0.5, 0.6) is 0 Å². The molecule has 0 fully saturated rings. The molecule has 1 N–H and O–H groups in total. The van der Waals surface area contributed by atoms with Crippen LogP contribution < -0.4 is 4.72 Å². The molecule has 3 nitrogen and oxygen atoms in total. The molecule has 0 bridgehead atoms. The van der Waals surface area contributed by atoms with E-state index < -0.39 is 10.0 Å². The molecule has 0 aliphatic carbocycles. The zero-order chi connectivity index (χ0) is 18.1. The summed E-state index contributed by atoms with van der Waals surface area (Å²) in [6.07, 6.45) is 0. The first-order valence-electron chi connectivity index (χ1n) is 7.61. The van der Waals surface area contributed by atoms with E-state index >= 15 is 0 Å². The number of aryl methyl sites for hydroxylation is 3. The number of rotatable bonds is 5. The Hall–Kier alpha value is -1.07. The summed E-state index contributed by atoms with van der Waals surface area (Å²) in [5.74, 6) is -0.141. The van der Waals surface area contributed by atoms with Crippen LogP contribution in [0.4, 0.5) is 0 Å². The van der Waals surface area contributed by atoms with Gasteiger partial charge in [-0.05, 0) is 67.6 Å². The molecule has 24 heavy (non-hydrogen) atoms. The normalized spacial score (nSPS) is 13.1. The molecule has 0 saturated heterocycles. The summed E-state index contributed by atoms with van der Waals surface area (Å²) in [6.45, 7) is 7.91. The first-order valence-corrected chi connectivity index (χ1v) is 10.0. The Bertz CT molecular complexity index is 864. The maximum absolute atomic E-state index is 12.5. The largest absolute Gasteiger partial charge is 0.216 e. The van der Waals surface area contributed by atoms with E-state index in [0.717, 1.165) is 16.7 Å². The van der Waals surface area contributed by atoms with Gasteiger partial charge in [0.15, 0.2) is 0 Å². The smallest absolute Gasteiger partial charge is 0.212 e. The summed E-state index contributed by atoms with van der Waals surface area (Å²) >= 11 is 11.8. The average molecular weight is 386 g/mol. The summed E-state index contributed by atoms with van der Waals surface area (Å²) in [4.78, 5) is 0. The lowest BCUT2D eigenvalue weighted by Gasteiger charge is -2.18. The lowest BCUT2D eigenvalue weighted by atomic mass is 9.97. The number of sulfonamides is 1. The Morgan fingerprint density at radius 3 is 2.21 bits per heavy atom. The monoisotopic (exact) mass is 385 g/mol. The van der Waals surface area contributed by atoms with E-state index in [9.17, 15) is 8.42 Å². The van der Waals surface area contributed by atoms with Gasteiger partial charge in [-0.2, -0.15) is 0 Å². The quantitative estimate of drug-likeness (QED) is 0.777. The molecule has 0 saturated carbocycles. The van der Waals surface area contributed by atoms with E-state index in [-0.39, 0.29) is 11.8 Å². The number of benzene rings is 2. The first kappa shape index (κ1) is 19.3. The number of nitrogens with one attached hydrogen (secondary N) is 1. The van der Waals surface area contributed by atoms with Crippen LogP contribution in [-0.2, 0) is 15.8 Å². The van der Waals surface area contributed by atoms with E-state index in [4.69, 9.17) is 23.2 Å². The van der Waals surface area contributed by atoms with E-state index in [0.29, 0.717) is 15.6 Å². The minimum Gasteiger partial charge on any atom is -0.212 e. The van der Waals surface area contributed by atoms with Crippen LogP contribution in [0.2, 0.25) is 10.0 Å². The molecule has 0 radical (unpaired) electrons. The minimum absolute atomic E-state index is 0.141. The standard InChI is InChI=1S/C18H21Cl2NO2S/c1-11-7-13(3)16(8-12(11)2)14(4)21-24(22,23)10-15-5-6-17(19)18(20)9-15/h5-9,14,21H,10H2,1-4H3/t14-/m1/s1. The summed E-state index contributed by atoms with van der Waals surface area (Å²) in [7, 11) is -3.50. The zero-order valence-corrected chi connectivity index (χ0v) is 16.5. The van der Waals surface area contributed by atoms with Gasteiger partial charge in [-0.1, -0.05) is 41.4 Å². The topological polar surface area (TPSA) is 46.2 Å². The van der Waals surface area contributed by atoms with Crippen molar-refractivity contribution in [2.75, 3.05) is 0 Å². The van der Waals surface area contributed by atoms with Crippen LogP contribution >= 0.6 is 23.2 Å². The molecule has 0 aromatic heterocycles. The Labute approximate surface area is 154 Å². The van der Waals surface area contributed by atoms with E-state index in [1.165, 1.54) is 5.56 Å². The molecule has 2 aromatic carbocycles. The fourth-order valence-electron chi connectivity index (χ4n) is 2.67. The Morgan fingerprint density at radius 1 is 0.958 bits per heavy atom. The predicted molar refractivity (Wildman–Crippen MR) is 101 cm³/mol. The van der Waals surface area contributed by atoms with Gasteiger partial charge in [0.05, 0.1) is 15.8 Å². The van der Waals surface area contributed by atoms with Gasteiger partial charge >= 0.3 is 0 Å². The molecule has 1 atom stereocenters. The molecular formula is C18H21Cl2NO2S. The van der Waals surface area contributed by atoms with Crippen molar-refractivity contribution in [3.63, 3.8) is 0 Å². The summed E-state index contributed by atoms with van der Waals surface area (Å²) in [5.41, 5.74) is 4.99. The molecule has 0 aliphatic rings. The van der Waals surface area contributed by atoms with Crippen LogP contribution in [0.15, 0.2) is 30.3 Å². The minimum atomic E-state index is -3.50. The molecule has 0 spiro atoms. The number of halogens is 2. The van der Waals surface area contributed by atoms with Crippen molar-refractivity contribution in [2.24, 2.45) is 0 Å². The number of hydrogen-bond donors (Lipinski definition) is 1. The second kappa shape index (κ2) is 7.44. The third-order valence-electron chi connectivity index (χ3n) is 4.05. The third-order valence-corrected chi connectivity index (χ3v) is 6.21. The van der Waals surface area contributed by atoms with Gasteiger partial charge in [0.25, 0.3) is 0 Å². The van der Waals surface area contributed by atoms with Gasteiger partial charge in [0.1, 0.15) is 0 Å². The maximum atomic E-state index is 12.5. The fraction of sp³-hybridized carbons (Fsp3) is 0.333. The number of hydrogen-bond acceptors (Lipinski definition) is 2. The third kappa shape index (κ3) is 4.73. The van der Waals surface area contributed by atoms with Gasteiger partial charge in [0, 0.05) is 6.04 Å². The van der Waals surface area contributed by atoms with Gasteiger partial charge in [-0.25, -0.2) is 13.1 Å². The van der Waals surface area contributed by atoms with Gasteiger partial charge in [-0.15, -0.1) is 0 Å². The lowest BCUT2D eigenvalue weighted by molar-refractivity contribution is 0.565. The van der Waals surface area contributed by atoms with Crippen molar-refractivity contribution in [1.29, 1.82) is 0 Å². The SMILES string of the molecule is Cc1cc(C)c([C@@H](C)NS(=O)(=O)Cc2ccc(Cl)c(Cl)c2)cc1C. The molecule has 0 aliphatic heterocycles. The van der Waals surface area contributed by atoms with E-state index in [1.807, 2.05) is 33.8 Å². The summed E-state index contributed by atoms with van der Waals surface area (Å²) in [6, 6.07) is 8.66. The first-order chi connectivity index (χ1) is 11.1. The fourth-order valence-corrected chi connectivity index (χ4v) is 4.36. The molecule has 0 heterocycles. The predicted octanol–water partition coefficient (Wildman–Crippen LogP) is 5.10. The Balaban J connectivity index is 2.19. The molecular weight excluding hydrogens is 365 g/mol. The van der Waals surface area contributed by atoms with Gasteiger partial charge in [0.2, 0.25) is 10.0 Å². The second-order valence-corrected chi connectivity index (χ2v) is 8.71. The Kier molecular flexibility index (Phi) is 5.97. The highest BCUT2D eigenvalue weighted by atomic mass is 35.5. The van der Waals surface area contributed by atoms with Crippen LogP contribution in [0, 0.1) is 20.8 Å². The summed E-state index contributed by atoms with van der Waals surface area (Å²) in [5, 5.41) is 0.757. The second-order valence-electron chi connectivity index (χ2n) is 6.14. The van der Waals surface area contributed by atoms with Crippen molar-refractivity contribution >= 4 is 33.2 Å². The maximum Gasteiger partial charge on any atom is 0.216 e. The zero-order valence-electron chi connectivity index (χ0n) is 14.2. The molecule has 2 aromatic rings. The van der Waals surface area contributed by atoms with Crippen LogP contribution in [0.25, 0.3) is 0 Å². The molecule has 0 unspecified atom stereocenters. The van der Waals surface area contributed by atoms with E-state index in [2.05, 4.69) is 10.8 Å². The Morgan fingerprint density at radius 2 is 1.58 bits per heavy atom. The van der Waals surface area contributed by atoms with Crippen LogP contribution in [0.3, 0.4) is 0 Å². The van der Waals surface area contributed by atoms with Crippen LogP contribution in [-0.4, -0.2) is 8.42 Å². The highest BCUT2D eigenvalue weighted by Gasteiger charge is 2.19. The average Bonchev–Trinajstić information content (AvgIpc) is 2.45. The van der Waals surface area contributed by atoms with Gasteiger partial charge in [-0.3, -0.25) is 0 Å².